The number of nitrogens with zero attached hydrogens (tertiary/aromatic N) is 1. The maximum atomic E-state index is 13.7. The van der Waals surface area contributed by atoms with Gasteiger partial charge in [0.2, 0.25) is 0 Å². The van der Waals surface area contributed by atoms with Gasteiger partial charge in [-0.15, -0.1) is 0 Å². The fraction of sp³-hybridized carbons (Fsp3) is 0.0952. The van der Waals surface area contributed by atoms with Crippen LogP contribution in [0.25, 0.3) is 0 Å². The van der Waals surface area contributed by atoms with Crippen molar-refractivity contribution in [3.05, 3.63) is 77.9 Å². The highest BCUT2D eigenvalue weighted by atomic mass is 19.1. The van der Waals surface area contributed by atoms with Gasteiger partial charge in [0.15, 0.2) is 11.5 Å². The van der Waals surface area contributed by atoms with Crippen LogP contribution in [0.2, 0.25) is 0 Å². The first-order valence-corrected chi connectivity index (χ1v) is 8.83. The van der Waals surface area contributed by atoms with E-state index < -0.39 is 17.6 Å². The van der Waals surface area contributed by atoms with Crippen LogP contribution in [-0.2, 0) is 0 Å². The molecule has 2 N–H and O–H groups in total. The second-order valence-corrected chi connectivity index (χ2v) is 6.18. The number of hydrogen-bond acceptors (Lipinski definition) is 5. The molecule has 0 atom stereocenters. The van der Waals surface area contributed by atoms with Crippen LogP contribution in [0.5, 0.6) is 11.5 Å². The average molecular weight is 393 g/mol. The second kappa shape index (κ2) is 7.97. The van der Waals surface area contributed by atoms with Crippen LogP contribution >= 0.6 is 0 Å². The van der Waals surface area contributed by atoms with Gasteiger partial charge >= 0.3 is 0 Å². The van der Waals surface area contributed by atoms with Gasteiger partial charge in [-0.25, -0.2) is 4.39 Å². The predicted molar refractivity (Wildman–Crippen MR) is 104 cm³/mol. The van der Waals surface area contributed by atoms with Crippen molar-refractivity contribution in [1.82, 2.24) is 4.98 Å². The maximum absolute atomic E-state index is 13.7. The molecule has 0 aliphatic carbocycles. The molecule has 8 heteroatoms. The fourth-order valence-electron chi connectivity index (χ4n) is 2.77. The van der Waals surface area contributed by atoms with E-state index in [0.717, 1.165) is 0 Å². The van der Waals surface area contributed by atoms with E-state index in [1.165, 1.54) is 36.5 Å². The van der Waals surface area contributed by atoms with Gasteiger partial charge in [0.05, 0.1) is 5.69 Å². The fourth-order valence-corrected chi connectivity index (χ4v) is 2.77. The Hall–Kier alpha value is -3.94. The molecule has 3 aromatic rings. The zero-order valence-electron chi connectivity index (χ0n) is 15.1. The number of fused-ring (bicyclic) bond motifs is 1. The van der Waals surface area contributed by atoms with E-state index in [1.807, 2.05) is 0 Å². The van der Waals surface area contributed by atoms with Gasteiger partial charge in [-0.05, 0) is 36.4 Å². The lowest BCUT2D eigenvalue weighted by Gasteiger charge is -2.19. The minimum atomic E-state index is -0.550. The summed E-state index contributed by atoms with van der Waals surface area (Å²) in [5.74, 6) is -0.446. The summed E-state index contributed by atoms with van der Waals surface area (Å²) in [4.78, 5) is 28.9. The Morgan fingerprint density at radius 2 is 1.69 bits per heavy atom. The molecule has 2 aromatic carbocycles. The molecule has 2 heterocycles. The maximum Gasteiger partial charge on any atom is 0.274 e. The molecule has 0 saturated heterocycles. The first kappa shape index (κ1) is 18.4. The van der Waals surface area contributed by atoms with Crippen LogP contribution in [0.1, 0.15) is 20.8 Å². The van der Waals surface area contributed by atoms with Crippen molar-refractivity contribution < 1.29 is 23.5 Å². The summed E-state index contributed by atoms with van der Waals surface area (Å²) in [7, 11) is 0. The number of halogens is 1. The van der Waals surface area contributed by atoms with Crippen LogP contribution in [0.4, 0.5) is 15.8 Å². The van der Waals surface area contributed by atoms with Crippen molar-refractivity contribution >= 4 is 23.2 Å². The summed E-state index contributed by atoms with van der Waals surface area (Å²) in [6.07, 6.45) is 1.34. The number of para-hydroxylation sites is 1. The summed E-state index contributed by atoms with van der Waals surface area (Å²) >= 11 is 0. The van der Waals surface area contributed by atoms with E-state index in [4.69, 9.17) is 9.47 Å². The third-order valence-electron chi connectivity index (χ3n) is 4.18. The molecule has 1 aliphatic heterocycles. The van der Waals surface area contributed by atoms with Crippen molar-refractivity contribution in [2.24, 2.45) is 0 Å². The molecule has 1 aliphatic rings. The second-order valence-electron chi connectivity index (χ2n) is 6.18. The number of hydrogen-bond donors (Lipinski definition) is 2. The smallest absolute Gasteiger partial charge is 0.274 e. The van der Waals surface area contributed by atoms with Gasteiger partial charge in [-0.1, -0.05) is 12.1 Å². The number of ether oxygens (including phenoxy) is 2. The van der Waals surface area contributed by atoms with Crippen LogP contribution in [-0.4, -0.2) is 30.0 Å². The highest BCUT2D eigenvalue weighted by Gasteiger charge is 2.16. The van der Waals surface area contributed by atoms with E-state index in [9.17, 15) is 14.0 Å². The molecule has 0 fully saturated rings. The molecular formula is C21H16FN3O4. The Balaban J connectivity index is 1.48. The van der Waals surface area contributed by atoms with E-state index in [0.29, 0.717) is 30.4 Å². The standard InChI is InChI=1S/C21H16FN3O4/c22-15-3-1-2-4-16(15)25-20(26)13-7-8-23-17(11-13)21(27)24-14-5-6-18-19(12-14)29-10-9-28-18/h1-8,11-12H,9-10H2,(H,24,27)(H,25,26). The van der Waals surface area contributed by atoms with E-state index in [2.05, 4.69) is 15.6 Å². The minimum Gasteiger partial charge on any atom is -0.486 e. The van der Waals surface area contributed by atoms with Gasteiger partial charge in [0, 0.05) is 23.5 Å². The Kier molecular flexibility index (Phi) is 5.07. The third kappa shape index (κ3) is 4.16. The van der Waals surface area contributed by atoms with Gasteiger partial charge in [0.1, 0.15) is 24.7 Å². The quantitative estimate of drug-likeness (QED) is 0.708. The van der Waals surface area contributed by atoms with Gasteiger partial charge in [-0.3, -0.25) is 14.6 Å². The van der Waals surface area contributed by atoms with Crippen LogP contribution in [0.15, 0.2) is 60.8 Å². The molecule has 7 nitrogen and oxygen atoms in total. The Morgan fingerprint density at radius 3 is 2.52 bits per heavy atom. The number of nitrogens with one attached hydrogen (secondary N) is 2. The first-order valence-electron chi connectivity index (χ1n) is 8.83. The lowest BCUT2D eigenvalue weighted by molar-refractivity contribution is 0.102. The first-order chi connectivity index (χ1) is 14.1. The van der Waals surface area contributed by atoms with E-state index >= 15 is 0 Å². The zero-order chi connectivity index (χ0) is 20.2. The number of pyridine rings is 1. The number of rotatable bonds is 4. The van der Waals surface area contributed by atoms with Crippen molar-refractivity contribution in [3.63, 3.8) is 0 Å². The molecule has 2 amide bonds. The van der Waals surface area contributed by atoms with Crippen LogP contribution in [0, 0.1) is 5.82 Å². The lowest BCUT2D eigenvalue weighted by atomic mass is 10.2. The molecule has 146 valence electrons. The Morgan fingerprint density at radius 1 is 0.897 bits per heavy atom. The van der Waals surface area contributed by atoms with Crippen molar-refractivity contribution in [1.29, 1.82) is 0 Å². The van der Waals surface area contributed by atoms with E-state index in [1.54, 1.807) is 24.3 Å². The van der Waals surface area contributed by atoms with Gasteiger partial charge < -0.3 is 20.1 Å². The number of amides is 2. The van der Waals surface area contributed by atoms with Crippen LogP contribution in [0.3, 0.4) is 0 Å². The number of anilines is 2. The molecule has 0 radical (unpaired) electrons. The number of aromatic nitrogens is 1. The minimum absolute atomic E-state index is 0.0427. The van der Waals surface area contributed by atoms with Crippen LogP contribution < -0.4 is 20.1 Å². The summed E-state index contributed by atoms with van der Waals surface area (Å²) in [6.45, 7) is 0.912. The average Bonchev–Trinajstić information content (AvgIpc) is 2.75. The van der Waals surface area contributed by atoms with E-state index in [-0.39, 0.29) is 16.9 Å². The lowest BCUT2D eigenvalue weighted by Crippen LogP contribution is -2.18. The molecule has 0 spiro atoms. The molecular weight excluding hydrogens is 377 g/mol. The molecule has 0 bridgehead atoms. The van der Waals surface area contributed by atoms with Crippen molar-refractivity contribution in [2.45, 2.75) is 0 Å². The molecule has 1 aromatic heterocycles. The Bertz CT molecular complexity index is 1090. The summed E-state index contributed by atoms with van der Waals surface area (Å²) in [6, 6.07) is 13.6. The summed E-state index contributed by atoms with van der Waals surface area (Å²) < 4.78 is 24.7. The summed E-state index contributed by atoms with van der Waals surface area (Å²) in [5, 5.41) is 5.18. The normalized spacial score (nSPS) is 12.2. The topological polar surface area (TPSA) is 89.6 Å². The molecule has 0 saturated carbocycles. The number of carbonyl (C=O) groups is 2. The molecule has 29 heavy (non-hydrogen) atoms. The molecule has 4 rings (SSSR count). The zero-order valence-corrected chi connectivity index (χ0v) is 15.1. The van der Waals surface area contributed by atoms with Gasteiger partial charge in [0.25, 0.3) is 11.8 Å². The Labute approximate surface area is 165 Å². The monoisotopic (exact) mass is 393 g/mol. The third-order valence-corrected chi connectivity index (χ3v) is 4.18. The highest BCUT2D eigenvalue weighted by Crippen LogP contribution is 2.32. The summed E-state index contributed by atoms with van der Waals surface area (Å²) in [5.41, 5.74) is 0.774. The van der Waals surface area contributed by atoms with Gasteiger partial charge in [-0.2, -0.15) is 0 Å². The van der Waals surface area contributed by atoms with Crippen molar-refractivity contribution in [3.8, 4) is 11.5 Å². The predicted octanol–water partition coefficient (Wildman–Crippen LogP) is 3.50. The van der Waals surface area contributed by atoms with Crippen molar-refractivity contribution in [2.75, 3.05) is 23.8 Å². The number of benzene rings is 2. The number of carbonyl (C=O) groups excluding carboxylic acids is 2. The molecule has 0 unspecified atom stereocenters. The largest absolute Gasteiger partial charge is 0.486 e. The highest BCUT2D eigenvalue weighted by molar-refractivity contribution is 6.07. The SMILES string of the molecule is O=C(Nc1ccccc1F)c1ccnc(C(=O)Nc2ccc3c(c2)OCCO3)c1.